The summed E-state index contributed by atoms with van der Waals surface area (Å²) in [5, 5.41) is 18.4. The number of hydrogen-bond acceptors (Lipinski definition) is 3. The van der Waals surface area contributed by atoms with E-state index in [1.165, 1.54) is 0 Å². The molecule has 136 valence electrons. The summed E-state index contributed by atoms with van der Waals surface area (Å²) in [6.45, 7) is 1.55. The Bertz CT molecular complexity index is 813. The van der Waals surface area contributed by atoms with E-state index in [2.05, 4.69) is 15.9 Å². The van der Waals surface area contributed by atoms with Gasteiger partial charge in [0.15, 0.2) is 0 Å². The van der Waals surface area contributed by atoms with Crippen LogP contribution in [0.1, 0.15) is 30.4 Å². The van der Waals surface area contributed by atoms with Gasteiger partial charge in [-0.1, -0.05) is 58.4 Å². The van der Waals surface area contributed by atoms with Gasteiger partial charge < -0.3 is 15.9 Å². The molecule has 0 fully saturated rings. The van der Waals surface area contributed by atoms with Crippen molar-refractivity contribution in [2.75, 3.05) is 0 Å². The summed E-state index contributed by atoms with van der Waals surface area (Å²) >= 11 is 3.40. The molecule has 0 aliphatic rings. The van der Waals surface area contributed by atoms with Gasteiger partial charge in [0.25, 0.3) is 0 Å². The third-order valence-electron chi connectivity index (χ3n) is 4.22. The number of hydrogen-bond donors (Lipinski definition) is 3. The van der Waals surface area contributed by atoms with Crippen LogP contribution in [0.3, 0.4) is 0 Å². The Balaban J connectivity index is 2.47. The second-order valence-electron chi connectivity index (χ2n) is 6.34. The molecule has 26 heavy (non-hydrogen) atoms. The van der Waals surface area contributed by atoms with Crippen LogP contribution < -0.4 is 5.73 Å². The van der Waals surface area contributed by atoms with Crippen LogP contribution in [0.15, 0.2) is 70.7 Å². The summed E-state index contributed by atoms with van der Waals surface area (Å²) < 4.78 is 0.931. The number of carboxylic acids is 2. The van der Waals surface area contributed by atoms with E-state index in [9.17, 15) is 14.7 Å². The number of halogens is 1. The first-order chi connectivity index (χ1) is 12.2. The highest BCUT2D eigenvalue weighted by Gasteiger charge is 2.34. The van der Waals surface area contributed by atoms with E-state index in [1.54, 1.807) is 6.92 Å². The van der Waals surface area contributed by atoms with Crippen molar-refractivity contribution in [1.82, 2.24) is 0 Å². The Labute approximate surface area is 160 Å². The molecule has 0 heterocycles. The van der Waals surface area contributed by atoms with Crippen molar-refractivity contribution in [2.45, 2.75) is 24.8 Å². The fourth-order valence-electron chi connectivity index (χ4n) is 2.94. The summed E-state index contributed by atoms with van der Waals surface area (Å²) in [7, 11) is 0. The summed E-state index contributed by atoms with van der Waals surface area (Å²) in [6, 6.07) is 17.3. The maximum atomic E-state index is 11.6. The van der Waals surface area contributed by atoms with Gasteiger partial charge in [0.05, 0.1) is 5.57 Å². The minimum absolute atomic E-state index is 0.184. The average molecular weight is 418 g/mol. The van der Waals surface area contributed by atoms with Crippen LogP contribution in [0.4, 0.5) is 0 Å². The van der Waals surface area contributed by atoms with Crippen molar-refractivity contribution in [3.05, 3.63) is 81.8 Å². The van der Waals surface area contributed by atoms with E-state index in [1.807, 2.05) is 54.6 Å². The van der Waals surface area contributed by atoms with Crippen LogP contribution in [-0.4, -0.2) is 27.7 Å². The maximum absolute atomic E-state index is 11.6. The third kappa shape index (κ3) is 5.03. The molecule has 6 heteroatoms. The number of benzene rings is 2. The summed E-state index contributed by atoms with van der Waals surface area (Å²) in [4.78, 5) is 22.6. The lowest BCUT2D eigenvalue weighted by Gasteiger charge is -2.31. The largest absolute Gasteiger partial charge is 0.478 e. The van der Waals surface area contributed by atoms with Gasteiger partial charge in [-0.05, 0) is 36.6 Å². The van der Waals surface area contributed by atoms with Crippen molar-refractivity contribution in [3.8, 4) is 0 Å². The van der Waals surface area contributed by atoms with E-state index in [0.29, 0.717) is 6.08 Å². The maximum Gasteiger partial charge on any atom is 0.333 e. The first kappa shape index (κ1) is 19.9. The van der Waals surface area contributed by atoms with Crippen molar-refractivity contribution >= 4 is 27.9 Å². The smallest absolute Gasteiger partial charge is 0.333 e. The normalized spacial score (nSPS) is 15.1. The molecule has 0 saturated heterocycles. The fraction of sp³-hybridized carbons (Fsp3) is 0.200. The number of nitrogens with two attached hydrogens (primary N) is 1. The zero-order valence-corrected chi connectivity index (χ0v) is 15.8. The molecule has 0 spiro atoms. The quantitative estimate of drug-likeness (QED) is 0.594. The summed E-state index contributed by atoms with van der Waals surface area (Å²) in [5.41, 5.74) is 6.57. The van der Waals surface area contributed by atoms with Crippen LogP contribution in [0.25, 0.3) is 0 Å². The van der Waals surface area contributed by atoms with Crippen LogP contribution in [0.5, 0.6) is 0 Å². The highest BCUT2D eigenvalue weighted by molar-refractivity contribution is 9.10. The lowest BCUT2D eigenvalue weighted by Crippen LogP contribution is -2.43. The number of rotatable bonds is 7. The van der Waals surface area contributed by atoms with Crippen LogP contribution >= 0.6 is 15.9 Å². The minimum atomic E-state index is -1.34. The van der Waals surface area contributed by atoms with E-state index in [0.717, 1.165) is 15.6 Å². The molecular weight excluding hydrogens is 398 g/mol. The highest BCUT2D eigenvalue weighted by atomic mass is 79.9. The SMILES string of the molecule is CC(N)(CC(c1ccccc1)c1ccc(Br)cc1)/C(=C/C(=O)O)C(=O)O. The standard InChI is InChI=1S/C20H20BrNO4/c1-20(22,17(19(25)26)11-18(23)24)12-16(13-5-3-2-4-6-13)14-7-9-15(21)10-8-14/h2-11,16H,12,22H2,1H3,(H,23,24)(H,25,26)/b17-11+. The van der Waals surface area contributed by atoms with Gasteiger partial charge >= 0.3 is 11.9 Å². The molecule has 2 rings (SSSR count). The first-order valence-corrected chi connectivity index (χ1v) is 8.77. The molecule has 0 amide bonds. The number of aliphatic carboxylic acids is 2. The topological polar surface area (TPSA) is 101 Å². The Morgan fingerprint density at radius 3 is 2.12 bits per heavy atom. The minimum Gasteiger partial charge on any atom is -0.478 e. The van der Waals surface area contributed by atoms with Gasteiger partial charge in [0, 0.05) is 22.0 Å². The van der Waals surface area contributed by atoms with Gasteiger partial charge in [-0.15, -0.1) is 0 Å². The molecule has 2 unspecified atom stereocenters. The van der Waals surface area contributed by atoms with E-state index < -0.39 is 17.5 Å². The zero-order valence-electron chi connectivity index (χ0n) is 14.2. The van der Waals surface area contributed by atoms with Crippen molar-refractivity contribution in [3.63, 3.8) is 0 Å². The second kappa shape index (κ2) is 8.29. The average Bonchev–Trinajstić information content (AvgIpc) is 2.59. The van der Waals surface area contributed by atoms with Crippen molar-refractivity contribution in [1.29, 1.82) is 0 Å². The summed E-state index contributed by atoms with van der Waals surface area (Å²) in [6.07, 6.45) is 0.913. The molecule has 0 aliphatic carbocycles. The highest BCUT2D eigenvalue weighted by Crippen LogP contribution is 2.35. The van der Waals surface area contributed by atoms with Gasteiger partial charge in [-0.2, -0.15) is 0 Å². The second-order valence-corrected chi connectivity index (χ2v) is 7.25. The van der Waals surface area contributed by atoms with E-state index in [-0.39, 0.29) is 17.9 Å². The molecule has 2 aromatic rings. The predicted octanol–water partition coefficient (Wildman–Crippen LogP) is 3.78. The van der Waals surface area contributed by atoms with Gasteiger partial charge in [-0.25, -0.2) is 9.59 Å². The van der Waals surface area contributed by atoms with Crippen molar-refractivity contribution < 1.29 is 19.8 Å². The predicted molar refractivity (Wildman–Crippen MR) is 103 cm³/mol. The molecule has 5 nitrogen and oxygen atoms in total. The van der Waals surface area contributed by atoms with Crippen LogP contribution in [-0.2, 0) is 9.59 Å². The molecule has 2 atom stereocenters. The van der Waals surface area contributed by atoms with Crippen molar-refractivity contribution in [2.24, 2.45) is 5.73 Å². The molecule has 2 aromatic carbocycles. The monoisotopic (exact) mass is 417 g/mol. The first-order valence-electron chi connectivity index (χ1n) is 7.98. The fourth-order valence-corrected chi connectivity index (χ4v) is 3.20. The Hall–Kier alpha value is -2.44. The molecular formula is C20H20BrNO4. The number of carboxylic acid groups (broad SMARTS) is 2. The van der Waals surface area contributed by atoms with E-state index >= 15 is 0 Å². The molecule has 0 aromatic heterocycles. The molecule has 4 N–H and O–H groups in total. The molecule has 0 radical (unpaired) electrons. The van der Waals surface area contributed by atoms with Gasteiger partial charge in [0.1, 0.15) is 0 Å². The Morgan fingerprint density at radius 1 is 1.08 bits per heavy atom. The third-order valence-corrected chi connectivity index (χ3v) is 4.74. The van der Waals surface area contributed by atoms with Gasteiger partial charge in [-0.3, -0.25) is 0 Å². The zero-order chi connectivity index (χ0) is 19.3. The molecule has 0 saturated carbocycles. The van der Waals surface area contributed by atoms with E-state index in [4.69, 9.17) is 10.8 Å². The summed E-state index contributed by atoms with van der Waals surface area (Å²) in [5.74, 6) is -2.85. The van der Waals surface area contributed by atoms with Crippen LogP contribution in [0.2, 0.25) is 0 Å². The lowest BCUT2D eigenvalue weighted by molar-refractivity contribution is -0.135. The Morgan fingerprint density at radius 2 is 1.62 bits per heavy atom. The van der Waals surface area contributed by atoms with Crippen LogP contribution in [0, 0.1) is 0 Å². The molecule has 0 aliphatic heterocycles. The van der Waals surface area contributed by atoms with Gasteiger partial charge in [0.2, 0.25) is 0 Å². The number of carbonyl (C=O) groups is 2. The Kier molecular flexibility index (Phi) is 6.34. The molecule has 0 bridgehead atoms. The lowest BCUT2D eigenvalue weighted by atomic mass is 9.77.